The van der Waals surface area contributed by atoms with E-state index in [4.69, 9.17) is 4.98 Å². The van der Waals surface area contributed by atoms with Crippen LogP contribution in [0.2, 0.25) is 0 Å². The van der Waals surface area contributed by atoms with Crippen LogP contribution in [0, 0.1) is 5.92 Å². The number of aliphatic hydroxyl groups excluding tert-OH is 1. The highest BCUT2D eigenvalue weighted by molar-refractivity contribution is 5.12. The van der Waals surface area contributed by atoms with Gasteiger partial charge in [-0.15, -0.1) is 0 Å². The van der Waals surface area contributed by atoms with Gasteiger partial charge in [-0.3, -0.25) is 0 Å². The minimum Gasteiger partial charge on any atom is -0.396 e. The number of aliphatic hydroxyl groups is 1. The predicted octanol–water partition coefficient (Wildman–Crippen LogP) is 0.862. The maximum atomic E-state index is 9.19. The predicted molar refractivity (Wildman–Crippen MR) is 61.1 cm³/mol. The summed E-state index contributed by atoms with van der Waals surface area (Å²) < 4.78 is 2.27. The molecule has 4 heteroatoms. The average Bonchev–Trinajstić information content (AvgIpc) is 2.96. The molecule has 2 aliphatic heterocycles. The number of rotatable bonds is 2. The van der Waals surface area contributed by atoms with Gasteiger partial charge in [0, 0.05) is 25.8 Å². The summed E-state index contributed by atoms with van der Waals surface area (Å²) in [6.45, 7) is 2.43. The van der Waals surface area contributed by atoms with Gasteiger partial charge in [-0.1, -0.05) is 0 Å². The Bertz CT molecular complexity index is 368. The molecule has 0 radical (unpaired) electrons. The number of aromatic nitrogens is 2. The van der Waals surface area contributed by atoms with Crippen molar-refractivity contribution >= 4 is 0 Å². The van der Waals surface area contributed by atoms with Gasteiger partial charge in [0.05, 0.1) is 11.7 Å². The van der Waals surface area contributed by atoms with Crippen molar-refractivity contribution in [3.8, 4) is 0 Å². The molecule has 0 saturated carbocycles. The molecule has 0 spiro atoms. The van der Waals surface area contributed by atoms with E-state index in [2.05, 4.69) is 16.1 Å². The van der Waals surface area contributed by atoms with Crippen molar-refractivity contribution in [2.24, 2.45) is 5.92 Å². The Morgan fingerprint density at radius 1 is 1.50 bits per heavy atom. The van der Waals surface area contributed by atoms with Crippen LogP contribution in [0.3, 0.4) is 0 Å². The summed E-state index contributed by atoms with van der Waals surface area (Å²) in [6, 6.07) is 0.464. The van der Waals surface area contributed by atoms with E-state index in [1.165, 1.54) is 18.5 Å². The zero-order valence-electron chi connectivity index (χ0n) is 9.52. The number of fused-ring (bicyclic) bond motifs is 1. The average molecular weight is 221 g/mol. The van der Waals surface area contributed by atoms with Crippen molar-refractivity contribution in [2.75, 3.05) is 13.2 Å². The second-order valence-corrected chi connectivity index (χ2v) is 4.97. The zero-order valence-corrected chi connectivity index (χ0v) is 9.52. The minimum absolute atomic E-state index is 0.296. The van der Waals surface area contributed by atoms with E-state index in [0.29, 0.717) is 18.6 Å². The van der Waals surface area contributed by atoms with Gasteiger partial charge in [-0.05, 0) is 31.7 Å². The number of imidazole rings is 1. The third-order valence-electron chi connectivity index (χ3n) is 3.80. The molecule has 4 nitrogen and oxygen atoms in total. The van der Waals surface area contributed by atoms with Crippen molar-refractivity contribution in [3.63, 3.8) is 0 Å². The molecule has 3 heterocycles. The van der Waals surface area contributed by atoms with Crippen molar-refractivity contribution in [1.82, 2.24) is 14.9 Å². The molecule has 3 rings (SSSR count). The van der Waals surface area contributed by atoms with Gasteiger partial charge in [-0.2, -0.15) is 0 Å². The third kappa shape index (κ3) is 1.76. The summed E-state index contributed by atoms with van der Waals surface area (Å²) in [5.41, 5.74) is 1.20. The smallest absolute Gasteiger partial charge is 0.109 e. The molecule has 1 aromatic rings. The first-order chi connectivity index (χ1) is 7.86. The first kappa shape index (κ1) is 10.3. The lowest BCUT2D eigenvalue weighted by molar-refractivity contribution is 0.199. The molecule has 2 atom stereocenters. The molecular weight excluding hydrogens is 202 g/mol. The Balaban J connectivity index is 1.80. The third-order valence-corrected chi connectivity index (χ3v) is 3.80. The number of hydrogen-bond donors (Lipinski definition) is 2. The van der Waals surface area contributed by atoms with Crippen molar-refractivity contribution in [1.29, 1.82) is 0 Å². The Morgan fingerprint density at radius 3 is 3.19 bits per heavy atom. The van der Waals surface area contributed by atoms with Crippen LogP contribution in [0.5, 0.6) is 0 Å². The van der Waals surface area contributed by atoms with Crippen LogP contribution in [0.1, 0.15) is 36.8 Å². The highest BCUT2D eigenvalue weighted by Gasteiger charge is 2.24. The van der Waals surface area contributed by atoms with Crippen LogP contribution in [-0.4, -0.2) is 27.8 Å². The van der Waals surface area contributed by atoms with Crippen LogP contribution in [0.4, 0.5) is 0 Å². The Kier molecular flexibility index (Phi) is 2.69. The Morgan fingerprint density at radius 2 is 2.44 bits per heavy atom. The van der Waals surface area contributed by atoms with Crippen molar-refractivity contribution < 1.29 is 5.11 Å². The standard InChI is InChI=1S/C12H19N3O/c16-8-9-3-5-15-7-11(14-12(15)6-9)10-2-1-4-13-10/h7,9-10,13,16H,1-6,8H2. The molecule has 1 aromatic heterocycles. The number of hydrogen-bond acceptors (Lipinski definition) is 3. The molecule has 1 saturated heterocycles. The fourth-order valence-corrected chi connectivity index (χ4v) is 2.78. The molecule has 2 N–H and O–H groups in total. The number of nitrogens with one attached hydrogen (secondary N) is 1. The molecule has 88 valence electrons. The van der Waals surface area contributed by atoms with Crippen LogP contribution in [0.25, 0.3) is 0 Å². The number of nitrogens with zero attached hydrogens (tertiary/aromatic N) is 2. The number of aryl methyl sites for hydroxylation is 1. The fraction of sp³-hybridized carbons (Fsp3) is 0.750. The van der Waals surface area contributed by atoms with Crippen LogP contribution in [-0.2, 0) is 13.0 Å². The van der Waals surface area contributed by atoms with Crippen LogP contribution in [0.15, 0.2) is 6.20 Å². The van der Waals surface area contributed by atoms with E-state index in [9.17, 15) is 5.11 Å². The van der Waals surface area contributed by atoms with E-state index in [1.54, 1.807) is 0 Å². The maximum Gasteiger partial charge on any atom is 0.109 e. The Labute approximate surface area is 95.7 Å². The largest absolute Gasteiger partial charge is 0.396 e. The van der Waals surface area contributed by atoms with Gasteiger partial charge >= 0.3 is 0 Å². The molecule has 0 amide bonds. The molecular formula is C12H19N3O. The van der Waals surface area contributed by atoms with Gasteiger partial charge in [0.25, 0.3) is 0 Å². The van der Waals surface area contributed by atoms with E-state index >= 15 is 0 Å². The molecule has 1 fully saturated rings. The van der Waals surface area contributed by atoms with Crippen LogP contribution >= 0.6 is 0 Å². The summed E-state index contributed by atoms with van der Waals surface area (Å²) in [6.07, 6.45) is 6.68. The van der Waals surface area contributed by atoms with E-state index in [1.807, 2.05) is 0 Å². The maximum absolute atomic E-state index is 9.19. The quantitative estimate of drug-likeness (QED) is 0.779. The van der Waals surface area contributed by atoms with Gasteiger partial charge in [0.15, 0.2) is 0 Å². The molecule has 2 unspecified atom stereocenters. The molecule has 2 aliphatic rings. The van der Waals surface area contributed by atoms with E-state index in [-0.39, 0.29) is 0 Å². The van der Waals surface area contributed by atoms with E-state index in [0.717, 1.165) is 31.8 Å². The fourth-order valence-electron chi connectivity index (χ4n) is 2.78. The lowest BCUT2D eigenvalue weighted by atomic mass is 9.99. The topological polar surface area (TPSA) is 50.1 Å². The first-order valence-corrected chi connectivity index (χ1v) is 6.27. The van der Waals surface area contributed by atoms with Gasteiger partial charge in [-0.25, -0.2) is 4.98 Å². The van der Waals surface area contributed by atoms with Gasteiger partial charge < -0.3 is 15.0 Å². The molecule has 0 bridgehead atoms. The normalized spacial score (nSPS) is 29.3. The summed E-state index contributed by atoms with van der Waals surface area (Å²) in [7, 11) is 0. The zero-order chi connectivity index (χ0) is 11.0. The second kappa shape index (κ2) is 4.18. The van der Waals surface area contributed by atoms with Crippen molar-refractivity contribution in [3.05, 3.63) is 17.7 Å². The highest BCUT2D eigenvalue weighted by atomic mass is 16.3. The van der Waals surface area contributed by atoms with Crippen LogP contribution < -0.4 is 5.32 Å². The molecule has 0 aliphatic carbocycles. The summed E-state index contributed by atoms with van der Waals surface area (Å²) in [5.74, 6) is 1.58. The molecule has 16 heavy (non-hydrogen) atoms. The summed E-state index contributed by atoms with van der Waals surface area (Å²) >= 11 is 0. The second-order valence-electron chi connectivity index (χ2n) is 4.97. The first-order valence-electron chi connectivity index (χ1n) is 6.27. The SMILES string of the molecule is OCC1CCn2cc(C3CCCN3)nc2C1. The lowest BCUT2D eigenvalue weighted by Gasteiger charge is -2.20. The minimum atomic E-state index is 0.296. The highest BCUT2D eigenvalue weighted by Crippen LogP contribution is 2.26. The van der Waals surface area contributed by atoms with Crippen molar-refractivity contribution in [2.45, 2.75) is 38.3 Å². The lowest BCUT2D eigenvalue weighted by Crippen LogP contribution is -2.21. The van der Waals surface area contributed by atoms with Gasteiger partial charge in [0.2, 0.25) is 0 Å². The van der Waals surface area contributed by atoms with Gasteiger partial charge in [0.1, 0.15) is 5.82 Å². The van der Waals surface area contributed by atoms with E-state index < -0.39 is 0 Å². The summed E-state index contributed by atoms with van der Waals surface area (Å²) in [4.78, 5) is 4.72. The molecule has 0 aromatic carbocycles. The summed E-state index contributed by atoms with van der Waals surface area (Å²) in [5, 5.41) is 12.7. The Hall–Kier alpha value is -0.870. The monoisotopic (exact) mass is 221 g/mol.